The zero-order valence-corrected chi connectivity index (χ0v) is 19.0. The first-order valence-electron chi connectivity index (χ1n) is 10.7. The minimum absolute atomic E-state index is 0.356. The molecular weight excluding hydrogens is 469 g/mol. The average molecular weight is 491 g/mol. The highest BCUT2D eigenvalue weighted by Crippen LogP contribution is 2.38. The van der Waals surface area contributed by atoms with Crippen LogP contribution in [0, 0.1) is 5.92 Å². The Morgan fingerprint density at radius 3 is 3.06 bits per heavy atom. The van der Waals surface area contributed by atoms with Crippen LogP contribution in [0.4, 0.5) is 18.9 Å². The second-order valence-corrected chi connectivity index (χ2v) is 9.19. The van der Waals surface area contributed by atoms with Crippen LogP contribution in [0.15, 0.2) is 37.1 Å². The molecule has 178 valence electrons. The molecule has 0 aromatic carbocycles. The van der Waals surface area contributed by atoms with E-state index in [-0.39, 0.29) is 5.91 Å². The van der Waals surface area contributed by atoms with E-state index < -0.39 is 25.1 Å². The molecule has 1 N–H and O–H groups in total. The van der Waals surface area contributed by atoms with Gasteiger partial charge in [-0.3, -0.25) is 15.2 Å². The van der Waals surface area contributed by atoms with Gasteiger partial charge in [0.05, 0.1) is 31.8 Å². The average Bonchev–Trinajstić information content (AvgIpc) is 3.43. The number of carbonyl (C=O) groups is 1. The van der Waals surface area contributed by atoms with Crippen LogP contribution >= 0.6 is 11.3 Å². The van der Waals surface area contributed by atoms with Crippen molar-refractivity contribution in [1.29, 1.82) is 0 Å². The maximum atomic E-state index is 13.5. The molecule has 5 rings (SSSR count). The Balaban J connectivity index is 1.42. The van der Waals surface area contributed by atoms with E-state index in [2.05, 4.69) is 20.5 Å². The van der Waals surface area contributed by atoms with Gasteiger partial charge >= 0.3 is 6.18 Å². The Bertz CT molecular complexity index is 1350. The van der Waals surface area contributed by atoms with Gasteiger partial charge in [-0.15, -0.1) is 11.3 Å². The number of halogens is 3. The number of aryl methyl sites for hydroxylation is 1. The number of hydrazine groups is 1. The van der Waals surface area contributed by atoms with Crippen LogP contribution in [0.3, 0.4) is 0 Å². The summed E-state index contributed by atoms with van der Waals surface area (Å²) in [6.07, 6.45) is 2.58. The fraction of sp³-hybridized carbons (Fsp3) is 0.364. The molecule has 12 heteroatoms. The van der Waals surface area contributed by atoms with Crippen molar-refractivity contribution in [3.8, 4) is 5.75 Å². The number of anilines is 1. The highest BCUT2D eigenvalue weighted by molar-refractivity contribution is 7.18. The third-order valence-corrected chi connectivity index (χ3v) is 7.12. The number of carbonyl (C=O) groups excluding carboxylic acids is 1. The summed E-state index contributed by atoms with van der Waals surface area (Å²) in [7, 11) is 1.45. The molecule has 4 heterocycles. The molecule has 8 nitrogen and oxygen atoms in total. The summed E-state index contributed by atoms with van der Waals surface area (Å²) in [6, 6.07) is 3.43. The van der Waals surface area contributed by atoms with Gasteiger partial charge in [-0.1, -0.05) is 0 Å². The summed E-state index contributed by atoms with van der Waals surface area (Å²) in [5.74, 6) is -0.470. The van der Waals surface area contributed by atoms with Gasteiger partial charge in [-0.25, -0.2) is 14.5 Å². The van der Waals surface area contributed by atoms with Gasteiger partial charge in [0, 0.05) is 28.6 Å². The number of ether oxygens (including phenoxy) is 1. The smallest absolute Gasteiger partial charge is 0.390 e. The molecule has 4 aromatic heterocycles. The number of fused-ring (bicyclic) bond motifs is 4. The molecule has 0 spiro atoms. The molecular formula is C22H21F3N6O2S. The monoisotopic (exact) mass is 490 g/mol. The second-order valence-electron chi connectivity index (χ2n) is 8.11. The SMILES string of the molecule is COc1cn2nccc2cc1NN(CCC(F)(F)F)C(=O)C1CCc2c(sc3ncncc23)C1. The number of hydrogen-bond donors (Lipinski definition) is 1. The van der Waals surface area contributed by atoms with Crippen LogP contribution in [0.2, 0.25) is 0 Å². The number of methoxy groups -OCH3 is 1. The van der Waals surface area contributed by atoms with E-state index in [1.165, 1.54) is 24.8 Å². The fourth-order valence-electron chi connectivity index (χ4n) is 4.25. The van der Waals surface area contributed by atoms with Gasteiger partial charge < -0.3 is 4.74 Å². The number of pyridine rings is 1. The predicted molar refractivity (Wildman–Crippen MR) is 121 cm³/mol. The number of thiophene rings is 1. The number of hydrogen-bond acceptors (Lipinski definition) is 7. The van der Waals surface area contributed by atoms with Crippen molar-refractivity contribution in [1.82, 2.24) is 24.6 Å². The Morgan fingerprint density at radius 1 is 1.41 bits per heavy atom. The number of amides is 1. The quantitative estimate of drug-likeness (QED) is 0.407. The van der Waals surface area contributed by atoms with Gasteiger partial charge in [0.25, 0.3) is 0 Å². The Kier molecular flexibility index (Phi) is 5.76. The highest BCUT2D eigenvalue weighted by atomic mass is 32.1. The van der Waals surface area contributed by atoms with Gasteiger partial charge in [0.1, 0.15) is 16.8 Å². The summed E-state index contributed by atoms with van der Waals surface area (Å²) >= 11 is 1.51. The predicted octanol–water partition coefficient (Wildman–Crippen LogP) is 4.26. The lowest BCUT2D eigenvalue weighted by Crippen LogP contribution is -2.43. The first-order chi connectivity index (χ1) is 16.3. The van der Waals surface area contributed by atoms with E-state index in [0.29, 0.717) is 36.2 Å². The summed E-state index contributed by atoms with van der Waals surface area (Å²) in [4.78, 5) is 23.8. The number of alkyl halides is 3. The van der Waals surface area contributed by atoms with Crippen molar-refractivity contribution in [3.05, 3.63) is 47.5 Å². The summed E-state index contributed by atoms with van der Waals surface area (Å²) in [5, 5.41) is 6.19. The molecule has 1 atom stereocenters. The van der Waals surface area contributed by atoms with Gasteiger partial charge in [0.2, 0.25) is 5.91 Å². The van der Waals surface area contributed by atoms with Gasteiger partial charge in [-0.05, 0) is 37.0 Å². The standard InChI is InChI=1S/C22H21F3N6O2S/c1-33-18-11-31-14(4-6-28-31)9-17(18)29-30(7-5-22(23,24)25)21(32)13-2-3-15-16-10-26-12-27-20(16)34-19(15)8-13/h4,6,9-13,29H,2-3,5,7-8H2,1H3. The molecule has 0 fully saturated rings. The summed E-state index contributed by atoms with van der Waals surface area (Å²) < 4.78 is 46.2. The van der Waals surface area contributed by atoms with Crippen molar-refractivity contribution >= 4 is 38.7 Å². The Hall–Kier alpha value is -3.41. The molecule has 0 radical (unpaired) electrons. The van der Waals surface area contributed by atoms with Crippen LogP contribution in [0.1, 0.15) is 23.3 Å². The molecule has 1 aliphatic rings. The number of nitrogens with zero attached hydrogens (tertiary/aromatic N) is 5. The van der Waals surface area contributed by atoms with E-state index in [1.54, 1.807) is 35.2 Å². The van der Waals surface area contributed by atoms with E-state index in [9.17, 15) is 18.0 Å². The maximum Gasteiger partial charge on any atom is 0.390 e. The zero-order valence-electron chi connectivity index (χ0n) is 18.2. The number of aromatic nitrogens is 4. The van der Waals surface area contributed by atoms with E-state index >= 15 is 0 Å². The zero-order chi connectivity index (χ0) is 23.9. The topological polar surface area (TPSA) is 84.7 Å². The van der Waals surface area contributed by atoms with Crippen molar-refractivity contribution in [2.24, 2.45) is 5.92 Å². The largest absolute Gasteiger partial charge is 0.493 e. The molecule has 1 aliphatic carbocycles. The lowest BCUT2D eigenvalue weighted by molar-refractivity contribution is -0.146. The van der Waals surface area contributed by atoms with E-state index in [1.807, 2.05) is 0 Å². The first kappa shape index (κ1) is 22.4. The fourth-order valence-corrected chi connectivity index (χ4v) is 5.49. The lowest BCUT2D eigenvalue weighted by Gasteiger charge is -2.31. The van der Waals surface area contributed by atoms with Gasteiger partial charge in [0.15, 0.2) is 5.75 Å². The van der Waals surface area contributed by atoms with Crippen LogP contribution in [-0.4, -0.2) is 50.3 Å². The molecule has 1 amide bonds. The molecule has 0 saturated heterocycles. The summed E-state index contributed by atoms with van der Waals surface area (Å²) in [6.45, 7) is -0.517. The van der Waals surface area contributed by atoms with Crippen LogP contribution in [-0.2, 0) is 17.6 Å². The number of nitrogens with one attached hydrogen (secondary N) is 1. The highest BCUT2D eigenvalue weighted by Gasteiger charge is 2.34. The molecule has 0 aliphatic heterocycles. The third-order valence-electron chi connectivity index (χ3n) is 5.94. The molecule has 4 aromatic rings. The first-order valence-corrected chi connectivity index (χ1v) is 11.5. The normalized spacial score (nSPS) is 15.9. The molecule has 34 heavy (non-hydrogen) atoms. The van der Waals surface area contributed by atoms with Crippen molar-refractivity contribution in [3.63, 3.8) is 0 Å². The number of rotatable bonds is 6. The van der Waals surface area contributed by atoms with Crippen molar-refractivity contribution < 1.29 is 22.7 Å². The molecule has 1 unspecified atom stereocenters. The second kappa shape index (κ2) is 8.75. The Labute approximate surface area is 196 Å². The molecule has 0 saturated carbocycles. The third kappa shape index (κ3) is 4.37. The van der Waals surface area contributed by atoms with Crippen molar-refractivity contribution in [2.75, 3.05) is 19.1 Å². The minimum Gasteiger partial charge on any atom is -0.493 e. The maximum absolute atomic E-state index is 13.5. The van der Waals surface area contributed by atoms with Crippen molar-refractivity contribution in [2.45, 2.75) is 31.9 Å². The van der Waals surface area contributed by atoms with Crippen LogP contribution < -0.4 is 10.2 Å². The van der Waals surface area contributed by atoms with Crippen LogP contribution in [0.25, 0.3) is 15.7 Å². The van der Waals surface area contributed by atoms with Gasteiger partial charge in [-0.2, -0.15) is 18.3 Å². The molecule has 0 bridgehead atoms. The lowest BCUT2D eigenvalue weighted by atomic mass is 9.87. The Morgan fingerprint density at radius 2 is 2.26 bits per heavy atom. The van der Waals surface area contributed by atoms with Crippen LogP contribution in [0.5, 0.6) is 5.75 Å². The summed E-state index contributed by atoms with van der Waals surface area (Å²) in [5.41, 5.74) is 5.13. The van der Waals surface area contributed by atoms with E-state index in [0.717, 1.165) is 25.7 Å². The van der Waals surface area contributed by atoms with E-state index in [4.69, 9.17) is 4.74 Å². The minimum atomic E-state index is -4.40.